The first-order chi connectivity index (χ1) is 14.8. The Bertz CT molecular complexity index is 805. The summed E-state index contributed by atoms with van der Waals surface area (Å²) < 4.78 is 5.48. The van der Waals surface area contributed by atoms with Crippen LogP contribution in [0.1, 0.15) is 87.5 Å². The summed E-state index contributed by atoms with van der Waals surface area (Å²) in [6, 6.07) is 11.2. The highest BCUT2D eigenvalue weighted by molar-refractivity contribution is 5.69. The van der Waals surface area contributed by atoms with Crippen molar-refractivity contribution in [2.45, 2.75) is 84.5 Å². The van der Waals surface area contributed by atoms with Crippen LogP contribution >= 0.6 is 0 Å². The van der Waals surface area contributed by atoms with Gasteiger partial charge in [-0.15, -0.1) is 0 Å². The normalized spacial score (nSPS) is 11.5. The molecule has 31 heavy (non-hydrogen) atoms. The van der Waals surface area contributed by atoms with Crippen LogP contribution in [0.4, 0.5) is 0 Å². The highest BCUT2D eigenvalue weighted by Gasteiger charge is 2.31. The van der Waals surface area contributed by atoms with Crippen molar-refractivity contribution >= 4 is 5.97 Å². The smallest absolute Gasteiger partial charge is 0.305 e. The number of benzene rings is 2. The van der Waals surface area contributed by atoms with Gasteiger partial charge in [-0.25, -0.2) is 0 Å². The van der Waals surface area contributed by atoms with E-state index in [4.69, 9.17) is 4.74 Å². The second-order valence-electron chi connectivity index (χ2n) is 8.82. The zero-order valence-corrected chi connectivity index (χ0v) is 19.5. The fraction of sp³-hybridized carbons (Fsp3) is 0.519. The lowest BCUT2D eigenvalue weighted by Gasteiger charge is -2.32. The number of phenols is 2. The van der Waals surface area contributed by atoms with Crippen LogP contribution < -0.4 is 0 Å². The Labute approximate surface area is 187 Å². The molecule has 0 heterocycles. The van der Waals surface area contributed by atoms with Crippen molar-refractivity contribution in [3.63, 3.8) is 0 Å². The minimum absolute atomic E-state index is 0.175. The summed E-state index contributed by atoms with van der Waals surface area (Å²) in [4.78, 5) is 12.4. The maximum absolute atomic E-state index is 12.4. The van der Waals surface area contributed by atoms with Crippen LogP contribution in [0.15, 0.2) is 36.4 Å². The number of esters is 1. The van der Waals surface area contributed by atoms with Gasteiger partial charge in [0.2, 0.25) is 0 Å². The third-order valence-corrected chi connectivity index (χ3v) is 6.26. The maximum Gasteiger partial charge on any atom is 0.305 e. The molecule has 0 aromatic heterocycles. The Morgan fingerprint density at radius 1 is 0.871 bits per heavy atom. The molecule has 2 rings (SSSR count). The molecule has 0 bridgehead atoms. The summed E-state index contributed by atoms with van der Waals surface area (Å²) in [5.74, 6) is 0.337. The Kier molecular flexibility index (Phi) is 9.42. The molecule has 0 aliphatic rings. The molecule has 0 aliphatic carbocycles. The Hall–Kier alpha value is -2.49. The van der Waals surface area contributed by atoms with Gasteiger partial charge in [0.05, 0.1) is 6.61 Å². The summed E-state index contributed by atoms with van der Waals surface area (Å²) in [5, 5.41) is 19.9. The van der Waals surface area contributed by atoms with Gasteiger partial charge in [-0.2, -0.15) is 0 Å². The molecule has 2 aromatic rings. The first-order valence-electron chi connectivity index (χ1n) is 11.5. The zero-order chi connectivity index (χ0) is 22.9. The van der Waals surface area contributed by atoms with Gasteiger partial charge in [-0.05, 0) is 61.1 Å². The van der Waals surface area contributed by atoms with E-state index in [2.05, 4.69) is 13.8 Å². The van der Waals surface area contributed by atoms with Crippen LogP contribution in [-0.2, 0) is 14.9 Å². The van der Waals surface area contributed by atoms with Crippen molar-refractivity contribution in [3.05, 3.63) is 58.7 Å². The molecule has 2 aromatic carbocycles. The molecule has 0 aliphatic heterocycles. The number of ether oxygens (including phenoxy) is 1. The number of carbonyl (C=O) groups is 1. The largest absolute Gasteiger partial charge is 0.508 e. The van der Waals surface area contributed by atoms with Gasteiger partial charge in [0.15, 0.2) is 0 Å². The third-order valence-electron chi connectivity index (χ3n) is 6.26. The molecule has 0 fully saturated rings. The molecule has 0 unspecified atom stereocenters. The lowest BCUT2D eigenvalue weighted by molar-refractivity contribution is -0.144. The lowest BCUT2D eigenvalue weighted by Crippen LogP contribution is -2.25. The number of unbranched alkanes of at least 4 members (excludes halogenated alkanes) is 5. The SMILES string of the molecule is CCCCCCCCOC(=O)CCC(C)(c1ccc(O)c(C)c1)c1ccc(O)c(C)c1. The monoisotopic (exact) mass is 426 g/mol. The van der Waals surface area contributed by atoms with Crippen LogP contribution in [0.2, 0.25) is 0 Å². The van der Waals surface area contributed by atoms with Crippen LogP contribution in [0.3, 0.4) is 0 Å². The summed E-state index contributed by atoms with van der Waals surface area (Å²) in [5.41, 5.74) is 3.19. The second kappa shape index (κ2) is 11.8. The van der Waals surface area contributed by atoms with E-state index in [9.17, 15) is 15.0 Å². The lowest BCUT2D eigenvalue weighted by atomic mass is 9.72. The van der Waals surface area contributed by atoms with Crippen LogP contribution in [0.25, 0.3) is 0 Å². The van der Waals surface area contributed by atoms with E-state index in [1.54, 1.807) is 12.1 Å². The third kappa shape index (κ3) is 7.02. The maximum atomic E-state index is 12.4. The van der Waals surface area contributed by atoms with Gasteiger partial charge in [-0.1, -0.05) is 70.2 Å². The topological polar surface area (TPSA) is 66.8 Å². The molecule has 0 atom stereocenters. The Morgan fingerprint density at radius 3 is 1.90 bits per heavy atom. The quantitative estimate of drug-likeness (QED) is 0.292. The molecular weight excluding hydrogens is 388 g/mol. The van der Waals surface area contributed by atoms with E-state index in [0.29, 0.717) is 19.4 Å². The van der Waals surface area contributed by atoms with Crippen molar-refractivity contribution in [3.8, 4) is 11.5 Å². The fourth-order valence-electron chi connectivity index (χ4n) is 3.95. The highest BCUT2D eigenvalue weighted by atomic mass is 16.5. The minimum Gasteiger partial charge on any atom is -0.508 e. The minimum atomic E-state index is -0.448. The first-order valence-corrected chi connectivity index (χ1v) is 11.5. The first kappa shape index (κ1) is 24.8. The fourth-order valence-corrected chi connectivity index (χ4v) is 3.95. The van der Waals surface area contributed by atoms with E-state index in [0.717, 1.165) is 35.1 Å². The molecule has 0 saturated heterocycles. The molecule has 4 nitrogen and oxygen atoms in total. The van der Waals surface area contributed by atoms with E-state index >= 15 is 0 Å². The van der Waals surface area contributed by atoms with Gasteiger partial charge in [0, 0.05) is 11.8 Å². The van der Waals surface area contributed by atoms with Crippen molar-refractivity contribution < 1.29 is 19.7 Å². The van der Waals surface area contributed by atoms with Gasteiger partial charge < -0.3 is 14.9 Å². The molecular formula is C27H38O4. The molecule has 170 valence electrons. The molecule has 4 heteroatoms. The number of rotatable bonds is 12. The molecule has 0 spiro atoms. The van der Waals surface area contributed by atoms with E-state index in [1.807, 2.05) is 38.1 Å². The van der Waals surface area contributed by atoms with E-state index < -0.39 is 5.41 Å². The average molecular weight is 427 g/mol. The Balaban J connectivity index is 2.07. The number of carbonyl (C=O) groups excluding carboxylic acids is 1. The van der Waals surface area contributed by atoms with Gasteiger partial charge in [0.1, 0.15) is 11.5 Å². The number of aromatic hydroxyl groups is 2. The number of phenolic OH excluding ortho intramolecular Hbond substituents is 2. The molecule has 0 amide bonds. The van der Waals surface area contributed by atoms with E-state index in [1.165, 1.54) is 25.7 Å². The molecule has 0 saturated carbocycles. The summed E-state index contributed by atoms with van der Waals surface area (Å²) in [7, 11) is 0. The second-order valence-corrected chi connectivity index (χ2v) is 8.82. The molecule has 2 N–H and O–H groups in total. The van der Waals surface area contributed by atoms with E-state index in [-0.39, 0.29) is 17.5 Å². The summed E-state index contributed by atoms with van der Waals surface area (Å²) in [6.07, 6.45) is 7.86. The zero-order valence-electron chi connectivity index (χ0n) is 19.5. The average Bonchev–Trinajstić information content (AvgIpc) is 2.75. The van der Waals surface area contributed by atoms with Gasteiger partial charge >= 0.3 is 5.97 Å². The predicted molar refractivity (Wildman–Crippen MR) is 126 cm³/mol. The van der Waals surface area contributed by atoms with Crippen LogP contribution in [0, 0.1) is 13.8 Å². The van der Waals surface area contributed by atoms with Crippen molar-refractivity contribution in [2.75, 3.05) is 6.61 Å². The summed E-state index contributed by atoms with van der Waals surface area (Å²) in [6.45, 7) is 8.53. The predicted octanol–water partition coefficient (Wildman–Crippen LogP) is 6.70. The summed E-state index contributed by atoms with van der Waals surface area (Å²) >= 11 is 0. The number of hydrogen-bond acceptors (Lipinski definition) is 4. The highest BCUT2D eigenvalue weighted by Crippen LogP contribution is 2.39. The van der Waals surface area contributed by atoms with Gasteiger partial charge in [0.25, 0.3) is 0 Å². The van der Waals surface area contributed by atoms with Crippen molar-refractivity contribution in [1.82, 2.24) is 0 Å². The standard InChI is InChI=1S/C27H38O4/c1-5-6-7-8-9-10-17-31-26(30)15-16-27(4,22-11-13-24(28)20(2)18-22)23-12-14-25(29)21(3)19-23/h11-14,18-19,28-29H,5-10,15-17H2,1-4H3. The van der Waals surface area contributed by atoms with Crippen LogP contribution in [-0.4, -0.2) is 22.8 Å². The number of hydrogen-bond donors (Lipinski definition) is 2. The van der Waals surface area contributed by atoms with Crippen LogP contribution in [0.5, 0.6) is 11.5 Å². The van der Waals surface area contributed by atoms with Crippen molar-refractivity contribution in [2.24, 2.45) is 0 Å². The van der Waals surface area contributed by atoms with Gasteiger partial charge in [-0.3, -0.25) is 4.79 Å². The number of aryl methyl sites for hydroxylation is 2. The van der Waals surface area contributed by atoms with Crippen molar-refractivity contribution in [1.29, 1.82) is 0 Å². The molecule has 0 radical (unpaired) electrons. The Morgan fingerprint density at radius 2 is 1.39 bits per heavy atom.